The highest BCUT2D eigenvalue weighted by atomic mass is 28.4. The van der Waals surface area contributed by atoms with E-state index in [2.05, 4.69) is 33.9 Å². The summed E-state index contributed by atoms with van der Waals surface area (Å²) in [6.45, 7) is 13.0. The monoisotopic (exact) mass is 453 g/mol. The van der Waals surface area contributed by atoms with Gasteiger partial charge in [-0.15, -0.1) is 0 Å². The molecule has 3 rings (SSSR count). The molecule has 1 saturated heterocycles. The Morgan fingerprint density at radius 1 is 1.09 bits per heavy atom. The Morgan fingerprint density at radius 3 is 2.22 bits per heavy atom. The number of cyclic esters (lactones) is 1. The molecule has 1 fully saturated rings. The first kappa shape index (κ1) is 24.2. The molecule has 0 N–H and O–H groups in total. The summed E-state index contributed by atoms with van der Waals surface area (Å²) in [4.78, 5) is 27.6. The van der Waals surface area contributed by atoms with Crippen molar-refractivity contribution in [2.75, 3.05) is 6.61 Å². The van der Waals surface area contributed by atoms with Gasteiger partial charge in [0.25, 0.3) is 0 Å². The third-order valence-corrected chi connectivity index (χ3v) is 11.2. The molecule has 6 heteroatoms. The van der Waals surface area contributed by atoms with Crippen molar-refractivity contribution in [3.05, 3.63) is 71.8 Å². The zero-order chi connectivity index (χ0) is 23.5. The van der Waals surface area contributed by atoms with Crippen LogP contribution in [0.25, 0.3) is 0 Å². The molecule has 0 spiro atoms. The summed E-state index contributed by atoms with van der Waals surface area (Å²) in [5.74, 6) is -0.781. The van der Waals surface area contributed by atoms with E-state index in [-0.39, 0.29) is 23.6 Å². The molecule has 0 unspecified atom stereocenters. The Balaban J connectivity index is 1.88. The molecular weight excluding hydrogens is 418 g/mol. The molecule has 2 amide bonds. The van der Waals surface area contributed by atoms with Gasteiger partial charge in [0.15, 0.2) is 8.32 Å². The maximum atomic E-state index is 13.7. The molecule has 0 saturated carbocycles. The largest absolute Gasteiger partial charge is 0.447 e. The van der Waals surface area contributed by atoms with E-state index in [1.54, 1.807) is 0 Å². The van der Waals surface area contributed by atoms with E-state index in [1.165, 1.54) is 4.90 Å². The van der Waals surface area contributed by atoms with Crippen molar-refractivity contribution in [2.24, 2.45) is 5.92 Å². The zero-order valence-corrected chi connectivity index (χ0v) is 21.0. The molecule has 172 valence electrons. The number of carbonyl (C=O) groups is 2. The van der Waals surface area contributed by atoms with E-state index in [4.69, 9.17) is 9.16 Å². The van der Waals surface area contributed by atoms with Gasteiger partial charge in [-0.05, 0) is 35.7 Å². The Bertz CT molecular complexity index is 924. The quantitative estimate of drug-likeness (QED) is 0.484. The standard InChI is InChI=1S/C26H35NO4Si/c1-19(23(21-15-11-8-12-16-21)31-32(5,6)26(2,3)4)24(28)27-22(18-30-25(27)29)17-20-13-9-7-10-14-20/h7-16,19,22-23H,17-18H2,1-6H3/t19-,22+,23+/m1/s1. The average molecular weight is 454 g/mol. The van der Waals surface area contributed by atoms with Gasteiger partial charge in [0.2, 0.25) is 5.91 Å². The number of amides is 2. The number of carbonyl (C=O) groups excluding carboxylic acids is 2. The Hall–Kier alpha value is -2.44. The predicted octanol–water partition coefficient (Wildman–Crippen LogP) is 5.98. The number of hydrogen-bond acceptors (Lipinski definition) is 4. The van der Waals surface area contributed by atoms with Crippen LogP contribution in [0.3, 0.4) is 0 Å². The molecule has 1 aliphatic rings. The number of ether oxygens (including phenoxy) is 1. The topological polar surface area (TPSA) is 55.8 Å². The number of imide groups is 1. The second kappa shape index (κ2) is 9.59. The fraction of sp³-hybridized carbons (Fsp3) is 0.462. The van der Waals surface area contributed by atoms with Crippen molar-refractivity contribution in [3.63, 3.8) is 0 Å². The number of rotatable bonds is 7. The van der Waals surface area contributed by atoms with Gasteiger partial charge in [-0.25, -0.2) is 9.69 Å². The normalized spacial score (nSPS) is 18.9. The minimum atomic E-state index is -2.18. The van der Waals surface area contributed by atoms with Crippen molar-refractivity contribution < 1.29 is 18.8 Å². The zero-order valence-electron chi connectivity index (χ0n) is 20.0. The lowest BCUT2D eigenvalue weighted by molar-refractivity contribution is -0.136. The van der Waals surface area contributed by atoms with E-state index in [1.807, 2.05) is 67.6 Å². The fourth-order valence-electron chi connectivity index (χ4n) is 3.71. The average Bonchev–Trinajstić information content (AvgIpc) is 3.11. The van der Waals surface area contributed by atoms with Crippen LogP contribution < -0.4 is 0 Å². The summed E-state index contributed by atoms with van der Waals surface area (Å²) in [5.41, 5.74) is 2.02. The molecule has 0 bridgehead atoms. The first-order valence-corrected chi connectivity index (χ1v) is 14.2. The van der Waals surface area contributed by atoms with Crippen LogP contribution in [0.1, 0.15) is 44.9 Å². The Morgan fingerprint density at radius 2 is 1.66 bits per heavy atom. The summed E-state index contributed by atoms with van der Waals surface area (Å²) in [6.07, 6.45) is -0.429. The molecule has 2 aromatic carbocycles. The molecule has 1 aliphatic heterocycles. The summed E-state index contributed by atoms with van der Waals surface area (Å²) < 4.78 is 12.1. The highest BCUT2D eigenvalue weighted by Gasteiger charge is 2.45. The van der Waals surface area contributed by atoms with Crippen molar-refractivity contribution in [1.29, 1.82) is 0 Å². The van der Waals surface area contributed by atoms with Crippen LogP contribution in [-0.2, 0) is 20.4 Å². The molecule has 2 aromatic rings. The molecule has 5 nitrogen and oxygen atoms in total. The lowest BCUT2D eigenvalue weighted by Gasteiger charge is -2.41. The van der Waals surface area contributed by atoms with Gasteiger partial charge in [-0.1, -0.05) is 88.4 Å². The number of benzene rings is 2. The highest BCUT2D eigenvalue weighted by Crippen LogP contribution is 2.42. The second-order valence-electron chi connectivity index (χ2n) is 10.1. The summed E-state index contributed by atoms with van der Waals surface area (Å²) in [5, 5.41) is -0.00871. The molecule has 1 heterocycles. The smallest absolute Gasteiger partial charge is 0.416 e. The molecule has 3 atom stereocenters. The summed E-state index contributed by atoms with van der Waals surface area (Å²) >= 11 is 0. The van der Waals surface area contributed by atoms with Crippen LogP contribution in [0.4, 0.5) is 4.79 Å². The lowest BCUT2D eigenvalue weighted by Crippen LogP contribution is -2.47. The van der Waals surface area contributed by atoms with E-state index in [0.717, 1.165) is 11.1 Å². The second-order valence-corrected chi connectivity index (χ2v) is 14.9. The molecule has 0 radical (unpaired) electrons. The molecule has 0 aromatic heterocycles. The van der Waals surface area contributed by atoms with Crippen LogP contribution in [-0.4, -0.2) is 37.9 Å². The van der Waals surface area contributed by atoms with E-state index in [9.17, 15) is 9.59 Å². The maximum Gasteiger partial charge on any atom is 0.416 e. The Labute approximate surface area is 192 Å². The lowest BCUT2D eigenvalue weighted by atomic mass is 9.95. The SMILES string of the molecule is C[C@@H](C(=O)N1C(=O)OC[C@@H]1Cc1ccccc1)[C@H](O[Si](C)(C)C(C)(C)C)c1ccccc1. The van der Waals surface area contributed by atoms with Gasteiger partial charge in [-0.2, -0.15) is 0 Å². The van der Waals surface area contributed by atoms with E-state index < -0.39 is 26.4 Å². The Kier molecular flexibility index (Phi) is 7.25. The van der Waals surface area contributed by atoms with Gasteiger partial charge < -0.3 is 9.16 Å². The minimum Gasteiger partial charge on any atom is -0.447 e. The van der Waals surface area contributed by atoms with Crippen LogP contribution >= 0.6 is 0 Å². The predicted molar refractivity (Wildman–Crippen MR) is 129 cm³/mol. The van der Waals surface area contributed by atoms with Crippen molar-refractivity contribution in [1.82, 2.24) is 4.90 Å². The number of nitrogens with zero attached hydrogens (tertiary/aromatic N) is 1. The van der Waals surface area contributed by atoms with Gasteiger partial charge in [0.1, 0.15) is 6.61 Å². The van der Waals surface area contributed by atoms with Gasteiger partial charge >= 0.3 is 6.09 Å². The van der Waals surface area contributed by atoms with Crippen LogP contribution in [0, 0.1) is 5.92 Å². The molecule has 32 heavy (non-hydrogen) atoms. The van der Waals surface area contributed by atoms with Crippen LogP contribution in [0.5, 0.6) is 0 Å². The summed E-state index contributed by atoms with van der Waals surface area (Å²) in [6, 6.07) is 19.4. The third kappa shape index (κ3) is 5.30. The van der Waals surface area contributed by atoms with Crippen molar-refractivity contribution in [3.8, 4) is 0 Å². The molecular formula is C26H35NO4Si. The summed E-state index contributed by atoms with van der Waals surface area (Å²) in [7, 11) is -2.18. The van der Waals surface area contributed by atoms with E-state index >= 15 is 0 Å². The first-order valence-electron chi connectivity index (χ1n) is 11.3. The third-order valence-electron chi connectivity index (χ3n) is 6.71. The minimum absolute atomic E-state index is 0.00871. The first-order chi connectivity index (χ1) is 15.0. The number of hydrogen-bond donors (Lipinski definition) is 0. The fourth-order valence-corrected chi connectivity index (χ4v) is 5.04. The van der Waals surface area contributed by atoms with Crippen molar-refractivity contribution in [2.45, 2.75) is 64.4 Å². The van der Waals surface area contributed by atoms with Crippen LogP contribution in [0.15, 0.2) is 60.7 Å². The van der Waals surface area contributed by atoms with Gasteiger partial charge in [0.05, 0.1) is 18.1 Å². The molecule has 0 aliphatic carbocycles. The maximum absolute atomic E-state index is 13.7. The van der Waals surface area contributed by atoms with Crippen LogP contribution in [0.2, 0.25) is 18.1 Å². The van der Waals surface area contributed by atoms with Gasteiger partial charge in [0, 0.05) is 0 Å². The highest BCUT2D eigenvalue weighted by molar-refractivity contribution is 6.74. The van der Waals surface area contributed by atoms with E-state index in [0.29, 0.717) is 6.42 Å². The van der Waals surface area contributed by atoms with Crippen molar-refractivity contribution >= 4 is 20.3 Å². The van der Waals surface area contributed by atoms with Gasteiger partial charge in [-0.3, -0.25) is 4.79 Å².